The van der Waals surface area contributed by atoms with Crippen molar-refractivity contribution in [2.75, 3.05) is 0 Å². The van der Waals surface area contributed by atoms with E-state index in [1.807, 2.05) is 0 Å². The molecule has 0 atom stereocenters. The first kappa shape index (κ1) is 24.8. The second-order valence-electron chi connectivity index (χ2n) is 13.0. The maximum absolute atomic E-state index is 3.89. The molecule has 0 amide bonds. The maximum Gasteiger partial charge on any atom is 0.0548 e. The van der Waals surface area contributed by atoms with Gasteiger partial charge in [-0.25, -0.2) is 0 Å². The Morgan fingerprint density at radius 2 is 1.27 bits per heavy atom. The van der Waals surface area contributed by atoms with Crippen LogP contribution in [0.15, 0.2) is 140 Å². The fourth-order valence-corrected chi connectivity index (χ4v) is 8.31. The second-order valence-corrected chi connectivity index (χ2v) is 13.0. The summed E-state index contributed by atoms with van der Waals surface area (Å²) in [5, 5.41) is 7.78. The van der Waals surface area contributed by atoms with Crippen LogP contribution < -0.4 is 0 Å². The number of hydrogen-bond acceptors (Lipinski definition) is 0. The smallest absolute Gasteiger partial charge is 0.0548 e. The van der Waals surface area contributed by atoms with E-state index in [0.717, 1.165) is 0 Å². The van der Waals surface area contributed by atoms with Gasteiger partial charge in [-0.1, -0.05) is 111 Å². The molecule has 0 radical (unpaired) electrons. The van der Waals surface area contributed by atoms with Gasteiger partial charge in [-0.15, -0.1) is 0 Å². The molecule has 1 N–H and O–H groups in total. The van der Waals surface area contributed by atoms with E-state index in [2.05, 4.69) is 163 Å². The molecule has 7 aromatic carbocycles. The van der Waals surface area contributed by atoms with Gasteiger partial charge in [0, 0.05) is 43.7 Å². The van der Waals surface area contributed by atoms with Crippen LogP contribution in [0.5, 0.6) is 0 Å². The van der Waals surface area contributed by atoms with Gasteiger partial charge in [-0.05, 0) is 81.1 Å². The van der Waals surface area contributed by atoms with Crippen molar-refractivity contribution in [1.29, 1.82) is 0 Å². The molecule has 2 heterocycles. The fourth-order valence-electron chi connectivity index (χ4n) is 8.31. The lowest BCUT2D eigenvalue weighted by Gasteiger charge is -2.23. The summed E-state index contributed by atoms with van der Waals surface area (Å²) >= 11 is 0. The summed E-state index contributed by atoms with van der Waals surface area (Å²) in [4.78, 5) is 3.89. The van der Waals surface area contributed by atoms with Crippen LogP contribution in [0.25, 0.3) is 82.3 Å². The van der Waals surface area contributed by atoms with Crippen molar-refractivity contribution < 1.29 is 0 Å². The largest absolute Gasteiger partial charge is 0.354 e. The fraction of sp³-hybridized carbons (Fsp3) is 0.0698. The predicted octanol–water partition coefficient (Wildman–Crippen LogP) is 11.5. The van der Waals surface area contributed by atoms with Crippen molar-refractivity contribution in [1.82, 2.24) is 9.55 Å². The van der Waals surface area contributed by atoms with Crippen molar-refractivity contribution >= 4 is 54.4 Å². The monoisotopic (exact) mass is 574 g/mol. The Hall–Kier alpha value is -5.60. The normalized spacial score (nSPS) is 13.7. The van der Waals surface area contributed by atoms with Crippen molar-refractivity contribution in [3.63, 3.8) is 0 Å². The summed E-state index contributed by atoms with van der Waals surface area (Å²) in [7, 11) is 0. The molecule has 9 aromatic rings. The third kappa shape index (κ3) is 3.24. The highest BCUT2D eigenvalue weighted by molar-refractivity contribution is 6.20. The highest BCUT2D eigenvalue weighted by atomic mass is 15.0. The molecule has 0 bridgehead atoms. The van der Waals surface area contributed by atoms with Gasteiger partial charge in [-0.3, -0.25) is 0 Å². The van der Waals surface area contributed by atoms with Gasteiger partial charge in [0.25, 0.3) is 0 Å². The molecule has 1 aliphatic rings. The molecular formula is C43H30N2. The first-order valence-corrected chi connectivity index (χ1v) is 15.8. The molecule has 0 unspecified atom stereocenters. The van der Waals surface area contributed by atoms with E-state index < -0.39 is 0 Å². The number of nitrogens with one attached hydrogen (secondary N) is 1. The lowest BCUT2D eigenvalue weighted by Crippen LogP contribution is -2.15. The van der Waals surface area contributed by atoms with E-state index in [0.29, 0.717) is 0 Å². The van der Waals surface area contributed by atoms with E-state index in [4.69, 9.17) is 0 Å². The predicted molar refractivity (Wildman–Crippen MR) is 191 cm³/mol. The summed E-state index contributed by atoms with van der Waals surface area (Å²) < 4.78 is 2.39. The molecule has 45 heavy (non-hydrogen) atoms. The van der Waals surface area contributed by atoms with Gasteiger partial charge in [-0.2, -0.15) is 0 Å². The minimum Gasteiger partial charge on any atom is -0.354 e. The summed E-state index contributed by atoms with van der Waals surface area (Å²) in [5.74, 6) is 0. The van der Waals surface area contributed by atoms with Crippen LogP contribution in [0.2, 0.25) is 0 Å². The van der Waals surface area contributed by atoms with Crippen molar-refractivity contribution in [3.8, 4) is 27.9 Å². The Balaban J connectivity index is 1.34. The van der Waals surface area contributed by atoms with E-state index in [-0.39, 0.29) is 5.41 Å². The Bertz CT molecular complexity index is 2670. The topological polar surface area (TPSA) is 20.7 Å². The molecule has 2 heteroatoms. The molecule has 0 spiro atoms. The Labute approximate surface area is 261 Å². The summed E-state index contributed by atoms with van der Waals surface area (Å²) in [6.45, 7) is 4.80. The zero-order valence-corrected chi connectivity index (χ0v) is 25.2. The molecule has 212 valence electrons. The zero-order valence-electron chi connectivity index (χ0n) is 25.2. The van der Waals surface area contributed by atoms with Crippen LogP contribution in [0.4, 0.5) is 0 Å². The van der Waals surface area contributed by atoms with Crippen LogP contribution in [-0.2, 0) is 5.41 Å². The van der Waals surface area contributed by atoms with E-state index in [1.54, 1.807) is 0 Å². The Morgan fingerprint density at radius 1 is 0.556 bits per heavy atom. The SMILES string of the molecule is CC1(C)c2ccc3ccccc3c2-c2cc(-c3ccc4c(c3)c3ccccc3n4-c3ccccc3)c3[nH]c4ccccc4c3c21. The molecule has 0 fully saturated rings. The number of nitrogens with zero attached hydrogens (tertiary/aromatic N) is 1. The lowest BCUT2D eigenvalue weighted by atomic mass is 9.79. The molecule has 0 saturated heterocycles. The van der Waals surface area contributed by atoms with Gasteiger partial charge in [0.15, 0.2) is 0 Å². The number of benzene rings is 7. The van der Waals surface area contributed by atoms with E-state index in [1.165, 1.54) is 93.5 Å². The number of aromatic amines is 1. The molecule has 1 aliphatic carbocycles. The van der Waals surface area contributed by atoms with Crippen molar-refractivity contribution in [2.45, 2.75) is 19.3 Å². The summed E-state index contributed by atoms with van der Waals surface area (Å²) in [6.07, 6.45) is 0. The lowest BCUT2D eigenvalue weighted by molar-refractivity contribution is 0.667. The minimum absolute atomic E-state index is 0.135. The van der Waals surface area contributed by atoms with Gasteiger partial charge in [0.05, 0.1) is 16.6 Å². The standard InChI is InChI=1S/C43H30N2/c1-43(2)35-22-20-26-12-6-7-15-29(26)39(35)34-25-32(42-40(41(34)43)31-17-8-10-18-36(31)44-42)27-21-23-38-33(24-27)30-16-9-11-19-37(30)45(38)28-13-4-3-5-14-28/h3-25,44H,1-2H3. The van der Waals surface area contributed by atoms with Crippen LogP contribution in [-0.4, -0.2) is 9.55 Å². The van der Waals surface area contributed by atoms with Crippen LogP contribution in [0.3, 0.4) is 0 Å². The van der Waals surface area contributed by atoms with Gasteiger partial charge in [0.2, 0.25) is 0 Å². The summed E-state index contributed by atoms with van der Waals surface area (Å²) in [6, 6.07) is 51.3. The van der Waals surface area contributed by atoms with Crippen molar-refractivity contribution in [2.24, 2.45) is 0 Å². The highest BCUT2D eigenvalue weighted by Crippen LogP contribution is 2.56. The molecule has 10 rings (SSSR count). The van der Waals surface area contributed by atoms with Crippen LogP contribution in [0, 0.1) is 0 Å². The van der Waals surface area contributed by atoms with Crippen LogP contribution in [0.1, 0.15) is 25.0 Å². The van der Waals surface area contributed by atoms with E-state index >= 15 is 0 Å². The average Bonchev–Trinajstić information content (AvgIpc) is 3.70. The number of fused-ring (bicyclic) bond motifs is 12. The zero-order chi connectivity index (χ0) is 29.9. The van der Waals surface area contributed by atoms with Crippen molar-refractivity contribution in [3.05, 3.63) is 151 Å². The number of hydrogen-bond donors (Lipinski definition) is 1. The Morgan fingerprint density at radius 3 is 2.13 bits per heavy atom. The van der Waals surface area contributed by atoms with Gasteiger partial charge in [0.1, 0.15) is 0 Å². The van der Waals surface area contributed by atoms with Gasteiger partial charge >= 0.3 is 0 Å². The average molecular weight is 575 g/mol. The third-order valence-electron chi connectivity index (χ3n) is 10.3. The van der Waals surface area contributed by atoms with Gasteiger partial charge < -0.3 is 9.55 Å². The summed E-state index contributed by atoms with van der Waals surface area (Å²) in [5.41, 5.74) is 13.9. The number of H-pyrrole nitrogens is 1. The Kier molecular flexibility index (Phi) is 4.82. The molecule has 0 saturated carbocycles. The minimum atomic E-state index is -0.135. The highest BCUT2D eigenvalue weighted by Gasteiger charge is 2.39. The third-order valence-corrected chi connectivity index (χ3v) is 10.3. The molecular weight excluding hydrogens is 544 g/mol. The molecule has 2 aromatic heterocycles. The van der Waals surface area contributed by atoms with Crippen LogP contribution >= 0.6 is 0 Å². The maximum atomic E-state index is 3.89. The first-order chi connectivity index (χ1) is 22.1. The quantitative estimate of drug-likeness (QED) is 0.212. The van der Waals surface area contributed by atoms with E-state index in [9.17, 15) is 0 Å². The molecule has 2 nitrogen and oxygen atoms in total. The number of rotatable bonds is 2. The molecule has 0 aliphatic heterocycles. The number of aromatic nitrogens is 2. The number of para-hydroxylation sites is 3. The second kappa shape index (κ2) is 8.74. The first-order valence-electron chi connectivity index (χ1n) is 15.8.